The van der Waals surface area contributed by atoms with Crippen molar-refractivity contribution in [1.29, 1.82) is 0 Å². The minimum absolute atomic E-state index is 0.619. The molecule has 1 aliphatic heterocycles. The number of hydrogen-bond donors (Lipinski definition) is 2. The average Bonchev–Trinajstić information content (AvgIpc) is 2.15. The number of nitrogens with one attached hydrogen (secondary N) is 2. The Labute approximate surface area is 88.2 Å². The Balaban J connectivity index is 2.37. The molecule has 1 aliphatic rings. The van der Waals surface area contributed by atoms with Gasteiger partial charge < -0.3 is 10.6 Å². The minimum atomic E-state index is 0.619. The van der Waals surface area contributed by atoms with Crippen LogP contribution in [0.5, 0.6) is 0 Å². The van der Waals surface area contributed by atoms with Crippen molar-refractivity contribution in [2.45, 2.75) is 45.8 Å². The van der Waals surface area contributed by atoms with Crippen LogP contribution < -0.4 is 10.6 Å². The van der Waals surface area contributed by atoms with E-state index in [1.165, 1.54) is 0 Å². The molecule has 1 rings (SSSR count). The van der Waals surface area contributed by atoms with Crippen molar-refractivity contribution in [2.24, 2.45) is 0 Å². The lowest BCUT2D eigenvalue weighted by Gasteiger charge is -2.36. The minimum Gasteiger partial charge on any atom is -0.314 e. The van der Waals surface area contributed by atoms with Crippen LogP contribution in [-0.4, -0.2) is 49.2 Å². The summed E-state index contributed by atoms with van der Waals surface area (Å²) in [5.41, 5.74) is 0. The zero-order valence-corrected chi connectivity index (χ0v) is 10.0. The molecule has 1 saturated heterocycles. The molecule has 2 N–H and O–H groups in total. The van der Waals surface area contributed by atoms with E-state index in [9.17, 15) is 0 Å². The van der Waals surface area contributed by atoms with Crippen LogP contribution in [0, 0.1) is 0 Å². The first-order valence-electron chi connectivity index (χ1n) is 5.81. The molecule has 0 saturated carbocycles. The smallest absolute Gasteiger partial charge is 0.0320 e. The first-order valence-corrected chi connectivity index (χ1v) is 5.81. The standard InChI is InChI=1S/C11H25N3/c1-9(2)14(10(3)4)8-11-7-12-5-6-13-11/h9-13H,5-8H2,1-4H3. The maximum atomic E-state index is 3.56. The van der Waals surface area contributed by atoms with Crippen molar-refractivity contribution in [3.63, 3.8) is 0 Å². The van der Waals surface area contributed by atoms with Gasteiger partial charge in [-0.05, 0) is 27.7 Å². The first kappa shape index (κ1) is 12.0. The van der Waals surface area contributed by atoms with Gasteiger partial charge in [-0.3, -0.25) is 4.90 Å². The van der Waals surface area contributed by atoms with Crippen LogP contribution in [0.1, 0.15) is 27.7 Å². The molecular formula is C11H25N3. The molecule has 0 aliphatic carbocycles. The summed E-state index contributed by atoms with van der Waals surface area (Å²) in [7, 11) is 0. The van der Waals surface area contributed by atoms with Crippen molar-refractivity contribution in [1.82, 2.24) is 15.5 Å². The number of hydrogen-bond acceptors (Lipinski definition) is 3. The normalized spacial score (nSPS) is 23.8. The molecule has 0 amide bonds. The third-order valence-electron chi connectivity index (χ3n) is 2.88. The van der Waals surface area contributed by atoms with E-state index >= 15 is 0 Å². The van der Waals surface area contributed by atoms with Crippen LogP contribution in [0.15, 0.2) is 0 Å². The van der Waals surface area contributed by atoms with Gasteiger partial charge in [0.25, 0.3) is 0 Å². The third kappa shape index (κ3) is 3.56. The lowest BCUT2D eigenvalue weighted by atomic mass is 10.1. The Morgan fingerprint density at radius 1 is 1.14 bits per heavy atom. The summed E-state index contributed by atoms with van der Waals surface area (Å²) in [4.78, 5) is 2.55. The number of piperazine rings is 1. The summed E-state index contributed by atoms with van der Waals surface area (Å²) >= 11 is 0. The topological polar surface area (TPSA) is 27.3 Å². The van der Waals surface area contributed by atoms with E-state index < -0.39 is 0 Å². The third-order valence-corrected chi connectivity index (χ3v) is 2.88. The predicted molar refractivity (Wildman–Crippen MR) is 61.6 cm³/mol. The molecule has 0 aromatic carbocycles. The Kier molecular flexibility index (Phi) is 4.85. The maximum absolute atomic E-state index is 3.56. The fraction of sp³-hybridized carbons (Fsp3) is 1.00. The number of nitrogens with zero attached hydrogens (tertiary/aromatic N) is 1. The lowest BCUT2D eigenvalue weighted by Crippen LogP contribution is -2.55. The zero-order valence-electron chi connectivity index (χ0n) is 10.0. The van der Waals surface area contributed by atoms with Gasteiger partial charge in [-0.2, -0.15) is 0 Å². The van der Waals surface area contributed by atoms with Crippen LogP contribution in [0.25, 0.3) is 0 Å². The molecule has 14 heavy (non-hydrogen) atoms. The van der Waals surface area contributed by atoms with Crippen LogP contribution >= 0.6 is 0 Å². The highest BCUT2D eigenvalue weighted by Crippen LogP contribution is 2.06. The summed E-state index contributed by atoms with van der Waals surface area (Å²) in [5.74, 6) is 0. The summed E-state index contributed by atoms with van der Waals surface area (Å²) in [6.45, 7) is 13.6. The van der Waals surface area contributed by atoms with Crippen molar-refractivity contribution in [3.8, 4) is 0 Å². The molecule has 0 radical (unpaired) electrons. The fourth-order valence-corrected chi connectivity index (χ4v) is 2.11. The van der Waals surface area contributed by atoms with Gasteiger partial charge in [0.1, 0.15) is 0 Å². The van der Waals surface area contributed by atoms with E-state index in [0.29, 0.717) is 18.1 Å². The molecule has 1 fully saturated rings. The molecule has 0 aromatic heterocycles. The van der Waals surface area contributed by atoms with Gasteiger partial charge in [0.05, 0.1) is 0 Å². The van der Waals surface area contributed by atoms with E-state index in [1.54, 1.807) is 0 Å². The van der Waals surface area contributed by atoms with Gasteiger partial charge in [0.15, 0.2) is 0 Å². The van der Waals surface area contributed by atoms with E-state index in [4.69, 9.17) is 0 Å². The largest absolute Gasteiger partial charge is 0.314 e. The Morgan fingerprint density at radius 2 is 1.79 bits per heavy atom. The van der Waals surface area contributed by atoms with E-state index in [0.717, 1.165) is 26.2 Å². The molecule has 84 valence electrons. The van der Waals surface area contributed by atoms with Crippen LogP contribution in [-0.2, 0) is 0 Å². The molecule has 1 unspecified atom stereocenters. The second kappa shape index (κ2) is 5.69. The second-order valence-corrected chi connectivity index (χ2v) is 4.74. The quantitative estimate of drug-likeness (QED) is 0.697. The fourth-order valence-electron chi connectivity index (χ4n) is 2.11. The van der Waals surface area contributed by atoms with Crippen LogP contribution in [0.2, 0.25) is 0 Å². The molecule has 1 heterocycles. The van der Waals surface area contributed by atoms with Gasteiger partial charge in [-0.1, -0.05) is 0 Å². The highest BCUT2D eigenvalue weighted by Gasteiger charge is 2.19. The lowest BCUT2D eigenvalue weighted by molar-refractivity contribution is 0.150. The van der Waals surface area contributed by atoms with E-state index in [1.807, 2.05) is 0 Å². The maximum Gasteiger partial charge on any atom is 0.0320 e. The molecular weight excluding hydrogens is 174 g/mol. The van der Waals surface area contributed by atoms with Crippen molar-refractivity contribution < 1.29 is 0 Å². The average molecular weight is 199 g/mol. The summed E-state index contributed by atoms with van der Waals surface area (Å²) in [6, 6.07) is 1.89. The number of rotatable bonds is 4. The van der Waals surface area contributed by atoms with Gasteiger partial charge in [0, 0.05) is 44.3 Å². The molecule has 0 aromatic rings. The van der Waals surface area contributed by atoms with Gasteiger partial charge >= 0.3 is 0 Å². The Morgan fingerprint density at radius 3 is 2.21 bits per heavy atom. The SMILES string of the molecule is CC(C)N(CC1CNCCN1)C(C)C. The van der Waals surface area contributed by atoms with Crippen molar-refractivity contribution in [3.05, 3.63) is 0 Å². The van der Waals surface area contributed by atoms with Crippen molar-refractivity contribution in [2.75, 3.05) is 26.2 Å². The molecule has 3 heteroatoms. The molecule has 3 nitrogen and oxygen atoms in total. The van der Waals surface area contributed by atoms with E-state index in [2.05, 4.69) is 43.2 Å². The van der Waals surface area contributed by atoms with Gasteiger partial charge in [0.2, 0.25) is 0 Å². The van der Waals surface area contributed by atoms with Gasteiger partial charge in [-0.15, -0.1) is 0 Å². The van der Waals surface area contributed by atoms with Crippen molar-refractivity contribution >= 4 is 0 Å². The predicted octanol–water partition coefficient (Wildman–Crippen LogP) is 0.667. The summed E-state index contributed by atoms with van der Waals surface area (Å²) in [5, 5.41) is 6.98. The van der Waals surface area contributed by atoms with E-state index in [-0.39, 0.29) is 0 Å². The van der Waals surface area contributed by atoms with Crippen LogP contribution in [0.4, 0.5) is 0 Å². The monoisotopic (exact) mass is 199 g/mol. The highest BCUT2D eigenvalue weighted by atomic mass is 15.2. The van der Waals surface area contributed by atoms with Crippen LogP contribution in [0.3, 0.4) is 0 Å². The molecule has 1 atom stereocenters. The summed E-state index contributed by atoms with van der Waals surface area (Å²) < 4.78 is 0. The Hall–Kier alpha value is -0.120. The summed E-state index contributed by atoms with van der Waals surface area (Å²) in [6.07, 6.45) is 0. The molecule has 0 spiro atoms. The van der Waals surface area contributed by atoms with Gasteiger partial charge in [-0.25, -0.2) is 0 Å². The highest BCUT2D eigenvalue weighted by molar-refractivity contribution is 4.81. The second-order valence-electron chi connectivity index (χ2n) is 4.74. The first-order chi connectivity index (χ1) is 6.61. The molecule has 0 bridgehead atoms. The zero-order chi connectivity index (χ0) is 10.6. The Bertz CT molecular complexity index is 143.